The van der Waals surface area contributed by atoms with Crippen molar-refractivity contribution in [2.75, 3.05) is 0 Å². The third-order valence-electron chi connectivity index (χ3n) is 3.85. The number of hydrazine groups is 1. The lowest BCUT2D eigenvalue weighted by Crippen LogP contribution is -2.72. The maximum atomic E-state index is 12.6. The highest BCUT2D eigenvalue weighted by atomic mass is 16.6. The smallest absolute Gasteiger partial charge is 0.430 e. The van der Waals surface area contributed by atoms with Gasteiger partial charge >= 0.3 is 18.2 Å². The highest BCUT2D eigenvalue weighted by Crippen LogP contribution is 2.44. The van der Waals surface area contributed by atoms with Gasteiger partial charge in [0.05, 0.1) is 6.04 Å². The molecule has 3 fully saturated rings. The van der Waals surface area contributed by atoms with Gasteiger partial charge in [0.25, 0.3) is 0 Å². The van der Waals surface area contributed by atoms with E-state index in [2.05, 4.69) is 0 Å². The molecule has 0 radical (unpaired) electrons. The second-order valence-corrected chi connectivity index (χ2v) is 8.32. The number of aliphatic carboxylic acids is 1. The summed E-state index contributed by atoms with van der Waals surface area (Å²) in [5.41, 5.74) is -1.56. The second-order valence-electron chi connectivity index (χ2n) is 8.32. The topological polar surface area (TPSA) is 96.4 Å². The molecule has 0 aromatic rings. The van der Waals surface area contributed by atoms with Gasteiger partial charge in [-0.1, -0.05) is 0 Å². The van der Waals surface area contributed by atoms with Gasteiger partial charge in [-0.3, -0.25) is 0 Å². The monoisotopic (exact) mass is 342 g/mol. The Morgan fingerprint density at radius 1 is 0.875 bits per heavy atom. The van der Waals surface area contributed by atoms with Crippen molar-refractivity contribution in [3.63, 3.8) is 0 Å². The Labute approximate surface area is 141 Å². The molecule has 1 N–H and O–H groups in total. The van der Waals surface area contributed by atoms with Gasteiger partial charge in [-0.15, -0.1) is 0 Å². The maximum absolute atomic E-state index is 12.6. The molecule has 8 heteroatoms. The summed E-state index contributed by atoms with van der Waals surface area (Å²) in [6.07, 6.45) is -0.511. The minimum atomic E-state index is -1.16. The van der Waals surface area contributed by atoms with Crippen LogP contribution in [0.3, 0.4) is 0 Å². The molecule has 136 valence electrons. The summed E-state index contributed by atoms with van der Waals surface area (Å²) in [6.45, 7) is 10.2. The standard InChI is InChI=1S/C16H26N2O6/c1-15(2,3)23-13(21)17-10-7-9(8-10)11(12(19)20)18(17)14(22)24-16(4,5)6/h9-11H,7-8H2,1-6H3,(H,19,20)/t9?,10?,11-/m0/s1. The first-order valence-electron chi connectivity index (χ1n) is 8.07. The fourth-order valence-corrected chi connectivity index (χ4v) is 2.96. The Morgan fingerprint density at radius 3 is 1.67 bits per heavy atom. The summed E-state index contributed by atoms with van der Waals surface area (Å²) in [4.78, 5) is 36.8. The van der Waals surface area contributed by atoms with E-state index >= 15 is 0 Å². The highest BCUT2D eigenvalue weighted by molar-refractivity contribution is 5.84. The minimum absolute atomic E-state index is 0.182. The summed E-state index contributed by atoms with van der Waals surface area (Å²) >= 11 is 0. The molecular weight excluding hydrogens is 316 g/mol. The maximum Gasteiger partial charge on any atom is 0.430 e. The lowest BCUT2D eigenvalue weighted by Gasteiger charge is -2.56. The molecular formula is C16H26N2O6. The van der Waals surface area contributed by atoms with Crippen LogP contribution in [-0.2, 0) is 14.3 Å². The predicted octanol–water partition coefficient (Wildman–Crippen LogP) is 2.62. The van der Waals surface area contributed by atoms with E-state index < -0.39 is 35.4 Å². The lowest BCUT2D eigenvalue weighted by molar-refractivity contribution is -0.192. The van der Waals surface area contributed by atoms with Crippen LogP contribution in [-0.4, -0.2) is 56.6 Å². The van der Waals surface area contributed by atoms with E-state index in [0.29, 0.717) is 12.8 Å². The molecule has 2 heterocycles. The molecule has 3 rings (SSSR count). The first kappa shape index (κ1) is 18.4. The van der Waals surface area contributed by atoms with Gasteiger partial charge in [0, 0.05) is 0 Å². The van der Waals surface area contributed by atoms with Crippen molar-refractivity contribution < 1.29 is 29.0 Å². The first-order chi connectivity index (χ1) is 10.8. The van der Waals surface area contributed by atoms with E-state index in [4.69, 9.17) is 9.47 Å². The SMILES string of the molecule is CC(C)(C)OC(=O)N1C2CC(C2)[C@@H](C(=O)O)N1C(=O)OC(C)(C)C. The number of ether oxygens (including phenoxy) is 2. The third-order valence-corrected chi connectivity index (χ3v) is 3.85. The van der Waals surface area contributed by atoms with E-state index in [1.54, 1.807) is 41.5 Å². The van der Waals surface area contributed by atoms with E-state index in [1.807, 2.05) is 0 Å². The highest BCUT2D eigenvalue weighted by Gasteiger charge is 2.58. The van der Waals surface area contributed by atoms with Gasteiger partial charge in [0.15, 0.2) is 6.04 Å². The van der Waals surface area contributed by atoms with Crippen LogP contribution in [0.15, 0.2) is 0 Å². The van der Waals surface area contributed by atoms with Gasteiger partial charge in [0.1, 0.15) is 11.2 Å². The van der Waals surface area contributed by atoms with Crippen LogP contribution in [0.2, 0.25) is 0 Å². The number of nitrogens with zero attached hydrogens (tertiary/aromatic N) is 2. The number of carbonyl (C=O) groups is 3. The van der Waals surface area contributed by atoms with Crippen molar-refractivity contribution in [1.82, 2.24) is 10.0 Å². The molecule has 0 unspecified atom stereocenters. The molecule has 2 saturated heterocycles. The molecule has 1 aliphatic carbocycles. The summed E-state index contributed by atoms with van der Waals surface area (Å²) in [5, 5.41) is 11.6. The van der Waals surface area contributed by atoms with Gasteiger partial charge in [-0.05, 0) is 60.3 Å². The van der Waals surface area contributed by atoms with Gasteiger partial charge in [0.2, 0.25) is 0 Å². The number of carboxylic acid groups (broad SMARTS) is 1. The quantitative estimate of drug-likeness (QED) is 0.787. The molecule has 8 nitrogen and oxygen atoms in total. The Morgan fingerprint density at radius 2 is 1.29 bits per heavy atom. The van der Waals surface area contributed by atoms with Gasteiger partial charge in [-0.2, -0.15) is 5.01 Å². The molecule has 0 aromatic carbocycles. The number of amides is 2. The summed E-state index contributed by atoms with van der Waals surface area (Å²) in [6, 6.07) is -1.37. The van der Waals surface area contributed by atoms with Crippen LogP contribution in [0.4, 0.5) is 9.59 Å². The van der Waals surface area contributed by atoms with Crippen LogP contribution in [0.5, 0.6) is 0 Å². The average Bonchev–Trinajstić information content (AvgIpc) is 2.31. The predicted molar refractivity (Wildman–Crippen MR) is 84.1 cm³/mol. The lowest BCUT2D eigenvalue weighted by atomic mass is 9.72. The molecule has 0 spiro atoms. The Kier molecular flexibility index (Phi) is 4.45. The largest absolute Gasteiger partial charge is 0.480 e. The Bertz CT molecular complexity index is 542. The van der Waals surface area contributed by atoms with Crippen LogP contribution < -0.4 is 0 Å². The second kappa shape index (κ2) is 5.82. The molecule has 2 aliphatic heterocycles. The van der Waals surface area contributed by atoms with Crippen LogP contribution >= 0.6 is 0 Å². The van der Waals surface area contributed by atoms with Crippen molar-refractivity contribution in [2.45, 2.75) is 77.7 Å². The number of rotatable bonds is 1. The van der Waals surface area contributed by atoms with Crippen molar-refractivity contribution in [2.24, 2.45) is 5.92 Å². The third kappa shape index (κ3) is 3.73. The van der Waals surface area contributed by atoms with Crippen molar-refractivity contribution in [3.05, 3.63) is 0 Å². The molecule has 2 amide bonds. The molecule has 3 aliphatic rings. The van der Waals surface area contributed by atoms with Crippen LogP contribution in [0.25, 0.3) is 0 Å². The van der Waals surface area contributed by atoms with Crippen molar-refractivity contribution in [3.8, 4) is 0 Å². The normalized spacial score (nSPS) is 26.5. The number of hydrogen-bond acceptors (Lipinski definition) is 5. The number of fused-ring (bicyclic) bond motifs is 2. The van der Waals surface area contributed by atoms with Gasteiger partial charge in [-0.25, -0.2) is 19.4 Å². The molecule has 0 aromatic heterocycles. The molecule has 2 bridgehead atoms. The Balaban J connectivity index is 2.32. The van der Waals surface area contributed by atoms with Crippen molar-refractivity contribution >= 4 is 18.2 Å². The molecule has 24 heavy (non-hydrogen) atoms. The molecule has 1 atom stereocenters. The zero-order valence-electron chi connectivity index (χ0n) is 15.0. The van der Waals surface area contributed by atoms with Crippen LogP contribution in [0, 0.1) is 5.92 Å². The number of carboxylic acids is 1. The fraction of sp³-hybridized carbons (Fsp3) is 0.812. The molecule has 1 saturated carbocycles. The van der Waals surface area contributed by atoms with E-state index in [0.717, 1.165) is 10.0 Å². The van der Waals surface area contributed by atoms with E-state index in [1.165, 1.54) is 0 Å². The number of carbonyl (C=O) groups excluding carboxylic acids is 2. The first-order valence-corrected chi connectivity index (χ1v) is 8.07. The zero-order chi connectivity index (χ0) is 18.4. The fourth-order valence-electron chi connectivity index (χ4n) is 2.96. The summed E-state index contributed by atoms with van der Waals surface area (Å²) < 4.78 is 10.7. The number of hydrogen-bond donors (Lipinski definition) is 1. The average molecular weight is 342 g/mol. The van der Waals surface area contributed by atoms with E-state index in [9.17, 15) is 19.5 Å². The van der Waals surface area contributed by atoms with Gasteiger partial charge < -0.3 is 14.6 Å². The van der Waals surface area contributed by atoms with E-state index in [-0.39, 0.29) is 12.0 Å². The summed E-state index contributed by atoms with van der Waals surface area (Å²) in [5.74, 6) is -1.34. The van der Waals surface area contributed by atoms with Crippen LogP contribution in [0.1, 0.15) is 54.4 Å². The summed E-state index contributed by atoms with van der Waals surface area (Å²) in [7, 11) is 0. The Hall–Kier alpha value is -1.99. The minimum Gasteiger partial charge on any atom is -0.480 e. The van der Waals surface area contributed by atoms with Crippen molar-refractivity contribution in [1.29, 1.82) is 0 Å². The zero-order valence-corrected chi connectivity index (χ0v) is 15.0.